The molecule has 7 nitrogen and oxygen atoms in total. The van der Waals surface area contributed by atoms with Crippen molar-refractivity contribution in [2.75, 3.05) is 50.9 Å². The van der Waals surface area contributed by atoms with Crippen LogP contribution in [-0.2, 0) is 14.3 Å². The Kier molecular flexibility index (Phi) is 5.59. The number of carbonyl (C=O) groups is 1. The first-order valence-electron chi connectivity index (χ1n) is 10.2. The number of carbonyl (C=O) groups excluding carboxylic acids is 1. The molecule has 0 spiro atoms. The highest BCUT2D eigenvalue weighted by molar-refractivity contribution is 5.79. The maximum absolute atomic E-state index is 13.1. The van der Waals surface area contributed by atoms with Crippen LogP contribution < -0.4 is 4.90 Å². The average Bonchev–Trinajstić information content (AvgIpc) is 2.74. The van der Waals surface area contributed by atoms with E-state index < -0.39 is 5.41 Å². The molecule has 3 atom stereocenters. The minimum absolute atomic E-state index is 0.0241. The summed E-state index contributed by atoms with van der Waals surface area (Å²) in [5.74, 6) is 1.20. The van der Waals surface area contributed by atoms with Gasteiger partial charge in [-0.25, -0.2) is 4.98 Å². The van der Waals surface area contributed by atoms with Gasteiger partial charge in [0.2, 0.25) is 0 Å². The first-order chi connectivity index (χ1) is 13.2. The maximum atomic E-state index is 13.1. The average molecular weight is 374 g/mol. The van der Waals surface area contributed by atoms with Crippen LogP contribution in [0.2, 0.25) is 0 Å². The SMILES string of the molecule is CCOC(=O)[C@@]12CCC(N3CCOCC3)C[C@H]1CCN(c1cnccn1)C2. The molecule has 7 heteroatoms. The summed E-state index contributed by atoms with van der Waals surface area (Å²) < 4.78 is 11.1. The van der Waals surface area contributed by atoms with Crippen LogP contribution in [0.25, 0.3) is 0 Å². The van der Waals surface area contributed by atoms with Crippen molar-refractivity contribution in [3.63, 3.8) is 0 Å². The molecule has 2 aliphatic heterocycles. The first-order valence-corrected chi connectivity index (χ1v) is 10.2. The molecule has 27 heavy (non-hydrogen) atoms. The highest BCUT2D eigenvalue weighted by Crippen LogP contribution is 2.49. The van der Waals surface area contributed by atoms with E-state index in [9.17, 15) is 4.79 Å². The number of rotatable bonds is 4. The van der Waals surface area contributed by atoms with Gasteiger partial charge in [-0.15, -0.1) is 0 Å². The molecular formula is C20H30N4O3. The van der Waals surface area contributed by atoms with Gasteiger partial charge in [-0.3, -0.25) is 14.7 Å². The van der Waals surface area contributed by atoms with E-state index >= 15 is 0 Å². The number of morpholine rings is 1. The first kappa shape index (κ1) is 18.6. The number of aromatic nitrogens is 2. The highest BCUT2D eigenvalue weighted by Gasteiger charge is 2.53. The predicted octanol–water partition coefficient (Wildman–Crippen LogP) is 1.74. The molecule has 1 aliphatic carbocycles. The number of anilines is 1. The number of hydrogen-bond acceptors (Lipinski definition) is 7. The standard InChI is InChI=1S/C20H30N4O3/c1-2-27-19(25)20-5-3-17(23-9-11-26-12-10-23)13-16(20)4-8-24(15-20)18-14-21-6-7-22-18/h6-7,14,16-17H,2-5,8-13,15H2,1H3/t16-,17?,20-/m1/s1. The lowest BCUT2D eigenvalue weighted by atomic mass is 9.61. The summed E-state index contributed by atoms with van der Waals surface area (Å²) in [5, 5.41) is 0. The zero-order valence-electron chi connectivity index (χ0n) is 16.2. The summed E-state index contributed by atoms with van der Waals surface area (Å²) in [6.07, 6.45) is 9.19. The van der Waals surface area contributed by atoms with Crippen LogP contribution in [0.4, 0.5) is 5.82 Å². The zero-order valence-corrected chi connectivity index (χ0v) is 16.2. The minimum atomic E-state index is -0.422. The summed E-state index contributed by atoms with van der Waals surface area (Å²) in [5.41, 5.74) is -0.422. The molecule has 3 aliphatic rings. The monoisotopic (exact) mass is 374 g/mol. The normalized spacial score (nSPS) is 32.0. The second-order valence-electron chi connectivity index (χ2n) is 7.92. The van der Waals surface area contributed by atoms with Gasteiger partial charge in [0.15, 0.2) is 0 Å². The summed E-state index contributed by atoms with van der Waals surface area (Å²) in [6.45, 7) is 7.60. The van der Waals surface area contributed by atoms with Gasteiger partial charge in [0.1, 0.15) is 5.82 Å². The van der Waals surface area contributed by atoms with Crippen molar-refractivity contribution in [1.82, 2.24) is 14.9 Å². The van der Waals surface area contributed by atoms with Gasteiger partial charge < -0.3 is 14.4 Å². The molecular weight excluding hydrogens is 344 g/mol. The molecule has 2 saturated heterocycles. The fourth-order valence-corrected chi connectivity index (χ4v) is 5.17. The lowest BCUT2D eigenvalue weighted by Crippen LogP contribution is -2.59. The Morgan fingerprint density at radius 1 is 1.30 bits per heavy atom. The van der Waals surface area contributed by atoms with Crippen LogP contribution in [0, 0.1) is 11.3 Å². The molecule has 0 amide bonds. The van der Waals surface area contributed by atoms with Crippen molar-refractivity contribution < 1.29 is 14.3 Å². The van der Waals surface area contributed by atoms with Gasteiger partial charge in [-0.1, -0.05) is 0 Å². The summed E-state index contributed by atoms with van der Waals surface area (Å²) in [7, 11) is 0. The van der Waals surface area contributed by atoms with Gasteiger partial charge in [0.05, 0.1) is 31.4 Å². The Morgan fingerprint density at radius 2 is 2.15 bits per heavy atom. The second kappa shape index (κ2) is 8.10. The molecule has 0 radical (unpaired) electrons. The molecule has 1 unspecified atom stereocenters. The minimum Gasteiger partial charge on any atom is -0.466 e. The molecule has 148 valence electrons. The van der Waals surface area contributed by atoms with Crippen LogP contribution in [0.3, 0.4) is 0 Å². The maximum Gasteiger partial charge on any atom is 0.314 e. The molecule has 0 N–H and O–H groups in total. The van der Waals surface area contributed by atoms with E-state index in [1.165, 1.54) is 0 Å². The molecule has 1 saturated carbocycles. The van der Waals surface area contributed by atoms with E-state index in [0.717, 1.165) is 64.3 Å². The fraction of sp³-hybridized carbons (Fsp3) is 0.750. The van der Waals surface area contributed by atoms with Crippen molar-refractivity contribution in [3.8, 4) is 0 Å². The summed E-state index contributed by atoms with van der Waals surface area (Å²) in [4.78, 5) is 26.5. The smallest absolute Gasteiger partial charge is 0.314 e. The van der Waals surface area contributed by atoms with E-state index in [-0.39, 0.29) is 5.97 Å². The van der Waals surface area contributed by atoms with Gasteiger partial charge in [-0.05, 0) is 38.5 Å². The molecule has 3 fully saturated rings. The lowest BCUT2D eigenvalue weighted by Gasteiger charge is -2.52. The Labute approximate surface area is 161 Å². The largest absolute Gasteiger partial charge is 0.466 e. The Balaban J connectivity index is 1.54. The number of piperidine rings is 1. The number of ether oxygens (including phenoxy) is 2. The van der Waals surface area contributed by atoms with Crippen molar-refractivity contribution in [3.05, 3.63) is 18.6 Å². The Bertz CT molecular complexity index is 637. The van der Waals surface area contributed by atoms with Crippen molar-refractivity contribution in [2.45, 2.75) is 38.6 Å². The van der Waals surface area contributed by atoms with Crippen LogP contribution >= 0.6 is 0 Å². The number of esters is 1. The zero-order chi connectivity index (χ0) is 18.7. The van der Waals surface area contributed by atoms with Crippen LogP contribution in [0.5, 0.6) is 0 Å². The van der Waals surface area contributed by atoms with Gasteiger partial charge in [0.25, 0.3) is 0 Å². The topological polar surface area (TPSA) is 67.8 Å². The molecule has 4 rings (SSSR count). The van der Waals surface area contributed by atoms with Crippen molar-refractivity contribution in [2.24, 2.45) is 11.3 Å². The van der Waals surface area contributed by atoms with Crippen LogP contribution in [-0.4, -0.2) is 72.9 Å². The highest BCUT2D eigenvalue weighted by atomic mass is 16.5. The van der Waals surface area contributed by atoms with E-state index in [0.29, 0.717) is 25.1 Å². The quantitative estimate of drug-likeness (QED) is 0.744. The third-order valence-electron chi connectivity index (χ3n) is 6.60. The number of nitrogens with zero attached hydrogens (tertiary/aromatic N) is 4. The summed E-state index contributed by atoms with van der Waals surface area (Å²) in [6, 6.07) is 0.560. The third kappa shape index (κ3) is 3.67. The Morgan fingerprint density at radius 3 is 2.89 bits per heavy atom. The van der Waals surface area contributed by atoms with E-state index in [2.05, 4.69) is 19.8 Å². The molecule has 1 aromatic heterocycles. The Hall–Kier alpha value is -1.73. The predicted molar refractivity (Wildman–Crippen MR) is 101 cm³/mol. The van der Waals surface area contributed by atoms with Crippen LogP contribution in [0.1, 0.15) is 32.6 Å². The van der Waals surface area contributed by atoms with Gasteiger partial charge in [0, 0.05) is 44.6 Å². The molecule has 0 bridgehead atoms. The number of hydrogen-bond donors (Lipinski definition) is 0. The van der Waals surface area contributed by atoms with Crippen molar-refractivity contribution in [1.29, 1.82) is 0 Å². The lowest BCUT2D eigenvalue weighted by molar-refractivity contribution is -0.164. The third-order valence-corrected chi connectivity index (χ3v) is 6.60. The van der Waals surface area contributed by atoms with E-state index in [4.69, 9.17) is 9.47 Å². The summed E-state index contributed by atoms with van der Waals surface area (Å²) >= 11 is 0. The van der Waals surface area contributed by atoms with Crippen molar-refractivity contribution >= 4 is 11.8 Å². The van der Waals surface area contributed by atoms with E-state index in [1.807, 2.05) is 6.92 Å². The molecule has 0 aromatic carbocycles. The number of fused-ring (bicyclic) bond motifs is 1. The molecule has 3 heterocycles. The van der Waals surface area contributed by atoms with Crippen LogP contribution in [0.15, 0.2) is 18.6 Å². The van der Waals surface area contributed by atoms with Gasteiger partial charge in [-0.2, -0.15) is 0 Å². The van der Waals surface area contributed by atoms with Gasteiger partial charge >= 0.3 is 5.97 Å². The molecule has 1 aromatic rings. The fourth-order valence-electron chi connectivity index (χ4n) is 5.17. The second-order valence-corrected chi connectivity index (χ2v) is 7.92. The van der Waals surface area contributed by atoms with E-state index in [1.54, 1.807) is 18.6 Å².